The minimum atomic E-state index is -0.696. The van der Waals surface area contributed by atoms with Gasteiger partial charge in [-0.3, -0.25) is 0 Å². The average molecular weight is 272 g/mol. The molecule has 0 aliphatic rings. The third-order valence-corrected chi connectivity index (χ3v) is 2.64. The maximum Gasteiger partial charge on any atom is 0.168 e. The van der Waals surface area contributed by atoms with E-state index in [4.69, 9.17) is 0 Å². The van der Waals surface area contributed by atoms with E-state index in [0.717, 1.165) is 12.6 Å². The molecule has 0 saturated heterocycles. The molecule has 1 aromatic rings. The van der Waals surface area contributed by atoms with Crippen molar-refractivity contribution in [2.24, 2.45) is 5.41 Å². The SMILES string of the molecule is CNc1nc(NCC(C)(C)CN(C)C)c(F)cc1F. The summed E-state index contributed by atoms with van der Waals surface area (Å²) < 4.78 is 26.9. The van der Waals surface area contributed by atoms with E-state index in [-0.39, 0.29) is 17.1 Å². The Bertz CT molecular complexity index is 433. The fourth-order valence-corrected chi connectivity index (χ4v) is 2.00. The first-order chi connectivity index (χ1) is 8.75. The first kappa shape index (κ1) is 15.6. The van der Waals surface area contributed by atoms with Crippen LogP contribution in [0.1, 0.15) is 13.8 Å². The summed E-state index contributed by atoms with van der Waals surface area (Å²) in [6, 6.07) is 0.833. The number of rotatable bonds is 6. The maximum atomic E-state index is 13.6. The summed E-state index contributed by atoms with van der Waals surface area (Å²) in [5, 5.41) is 5.53. The molecule has 19 heavy (non-hydrogen) atoms. The molecule has 4 nitrogen and oxygen atoms in total. The molecule has 0 unspecified atom stereocenters. The third-order valence-electron chi connectivity index (χ3n) is 2.64. The van der Waals surface area contributed by atoms with Gasteiger partial charge in [-0.25, -0.2) is 13.8 Å². The van der Waals surface area contributed by atoms with Crippen LogP contribution in [-0.4, -0.2) is 44.1 Å². The smallest absolute Gasteiger partial charge is 0.168 e. The topological polar surface area (TPSA) is 40.2 Å². The standard InChI is InChI=1S/C13H22F2N4/c1-13(2,8-19(4)5)7-17-12-10(15)6-9(14)11(16-3)18-12/h6H,7-8H2,1-5H3,(H2,16,17,18). The largest absolute Gasteiger partial charge is 0.371 e. The molecule has 0 bridgehead atoms. The quantitative estimate of drug-likeness (QED) is 0.834. The number of aromatic nitrogens is 1. The van der Waals surface area contributed by atoms with Crippen molar-refractivity contribution < 1.29 is 8.78 Å². The highest BCUT2D eigenvalue weighted by Crippen LogP contribution is 2.21. The Morgan fingerprint density at radius 3 is 2.32 bits per heavy atom. The fourth-order valence-electron chi connectivity index (χ4n) is 2.00. The molecule has 0 radical (unpaired) electrons. The van der Waals surface area contributed by atoms with Gasteiger partial charge in [0, 0.05) is 26.2 Å². The molecule has 0 aliphatic carbocycles. The van der Waals surface area contributed by atoms with Gasteiger partial charge in [0.1, 0.15) is 0 Å². The van der Waals surface area contributed by atoms with E-state index in [1.54, 1.807) is 7.05 Å². The number of nitrogens with zero attached hydrogens (tertiary/aromatic N) is 2. The normalized spacial score (nSPS) is 11.8. The minimum Gasteiger partial charge on any atom is -0.371 e. The zero-order valence-corrected chi connectivity index (χ0v) is 12.1. The summed E-state index contributed by atoms with van der Waals surface area (Å²) in [5.74, 6) is -1.28. The predicted octanol–water partition coefficient (Wildman–Crippen LogP) is 2.40. The number of nitrogens with one attached hydrogen (secondary N) is 2. The molecule has 1 rings (SSSR count). The first-order valence-electron chi connectivity index (χ1n) is 6.17. The molecule has 2 N–H and O–H groups in total. The minimum absolute atomic E-state index is 0.0364. The van der Waals surface area contributed by atoms with Crippen LogP contribution in [0.25, 0.3) is 0 Å². The molecular weight excluding hydrogens is 250 g/mol. The molecule has 0 spiro atoms. The van der Waals surface area contributed by atoms with Crippen LogP contribution in [0.5, 0.6) is 0 Å². The molecule has 0 aliphatic heterocycles. The molecule has 0 amide bonds. The van der Waals surface area contributed by atoms with Crippen LogP contribution in [0.3, 0.4) is 0 Å². The molecule has 6 heteroatoms. The van der Waals surface area contributed by atoms with Crippen LogP contribution >= 0.6 is 0 Å². The van der Waals surface area contributed by atoms with Crippen LogP contribution in [0.15, 0.2) is 6.07 Å². The lowest BCUT2D eigenvalue weighted by molar-refractivity contribution is 0.254. The van der Waals surface area contributed by atoms with Gasteiger partial charge in [0.05, 0.1) is 0 Å². The van der Waals surface area contributed by atoms with Crippen molar-refractivity contribution in [3.8, 4) is 0 Å². The van der Waals surface area contributed by atoms with Crippen molar-refractivity contribution in [3.05, 3.63) is 17.7 Å². The van der Waals surface area contributed by atoms with Gasteiger partial charge in [0.25, 0.3) is 0 Å². The Morgan fingerprint density at radius 2 is 1.79 bits per heavy atom. The summed E-state index contributed by atoms with van der Waals surface area (Å²) in [6.07, 6.45) is 0. The van der Waals surface area contributed by atoms with E-state index in [1.807, 2.05) is 14.1 Å². The first-order valence-corrected chi connectivity index (χ1v) is 6.17. The van der Waals surface area contributed by atoms with Gasteiger partial charge in [0.2, 0.25) is 0 Å². The van der Waals surface area contributed by atoms with Crippen LogP contribution in [-0.2, 0) is 0 Å². The summed E-state index contributed by atoms with van der Waals surface area (Å²) in [6.45, 7) is 5.53. The van der Waals surface area contributed by atoms with E-state index in [9.17, 15) is 8.78 Å². The van der Waals surface area contributed by atoms with Gasteiger partial charge in [-0.05, 0) is 19.5 Å². The van der Waals surface area contributed by atoms with Gasteiger partial charge >= 0.3 is 0 Å². The number of hydrogen-bond acceptors (Lipinski definition) is 4. The lowest BCUT2D eigenvalue weighted by Gasteiger charge is -2.28. The number of hydrogen-bond donors (Lipinski definition) is 2. The summed E-state index contributed by atoms with van der Waals surface area (Å²) in [7, 11) is 5.51. The highest BCUT2D eigenvalue weighted by Gasteiger charge is 2.20. The fraction of sp³-hybridized carbons (Fsp3) is 0.615. The Morgan fingerprint density at radius 1 is 1.21 bits per heavy atom. The van der Waals surface area contributed by atoms with Crippen molar-refractivity contribution in [1.29, 1.82) is 0 Å². The van der Waals surface area contributed by atoms with Crippen molar-refractivity contribution >= 4 is 11.6 Å². The molecule has 0 saturated carbocycles. The zero-order valence-electron chi connectivity index (χ0n) is 12.1. The van der Waals surface area contributed by atoms with Crippen LogP contribution in [0, 0.1) is 17.0 Å². The van der Waals surface area contributed by atoms with E-state index >= 15 is 0 Å². The van der Waals surface area contributed by atoms with Gasteiger partial charge in [-0.15, -0.1) is 0 Å². The molecule has 1 heterocycles. The van der Waals surface area contributed by atoms with E-state index in [1.165, 1.54) is 0 Å². The van der Waals surface area contributed by atoms with E-state index in [2.05, 4.69) is 34.4 Å². The van der Waals surface area contributed by atoms with Crippen LogP contribution in [0.2, 0.25) is 0 Å². The van der Waals surface area contributed by atoms with Gasteiger partial charge in [0.15, 0.2) is 23.3 Å². The van der Waals surface area contributed by atoms with Crippen LogP contribution < -0.4 is 10.6 Å². The molecule has 108 valence electrons. The molecule has 0 aromatic carbocycles. The van der Waals surface area contributed by atoms with Crippen LogP contribution in [0.4, 0.5) is 20.4 Å². The number of pyridine rings is 1. The summed E-state index contributed by atoms with van der Waals surface area (Å²) in [5.41, 5.74) is -0.0498. The van der Waals surface area contributed by atoms with E-state index < -0.39 is 11.6 Å². The van der Waals surface area contributed by atoms with Gasteiger partial charge in [-0.2, -0.15) is 0 Å². The third kappa shape index (κ3) is 4.63. The van der Waals surface area contributed by atoms with Crippen molar-refractivity contribution in [2.75, 3.05) is 44.9 Å². The highest BCUT2D eigenvalue weighted by atomic mass is 19.1. The monoisotopic (exact) mass is 272 g/mol. The van der Waals surface area contributed by atoms with Crippen molar-refractivity contribution in [2.45, 2.75) is 13.8 Å². The van der Waals surface area contributed by atoms with Crippen molar-refractivity contribution in [3.63, 3.8) is 0 Å². The number of halogens is 2. The average Bonchev–Trinajstić information content (AvgIpc) is 2.26. The Hall–Kier alpha value is -1.43. The Labute approximate surface area is 113 Å². The molecule has 0 atom stereocenters. The Balaban J connectivity index is 2.77. The molecule has 0 fully saturated rings. The van der Waals surface area contributed by atoms with Gasteiger partial charge < -0.3 is 15.5 Å². The lowest BCUT2D eigenvalue weighted by Crippen LogP contribution is -2.34. The molecular formula is C13H22F2N4. The highest BCUT2D eigenvalue weighted by molar-refractivity contribution is 5.47. The van der Waals surface area contributed by atoms with Crippen molar-refractivity contribution in [1.82, 2.24) is 9.88 Å². The second kappa shape index (κ2) is 6.14. The van der Waals surface area contributed by atoms with E-state index in [0.29, 0.717) is 6.54 Å². The summed E-state index contributed by atoms with van der Waals surface area (Å²) >= 11 is 0. The predicted molar refractivity (Wildman–Crippen MR) is 74.5 cm³/mol. The lowest BCUT2D eigenvalue weighted by atomic mass is 9.93. The Kier molecular flexibility index (Phi) is 5.05. The number of anilines is 2. The van der Waals surface area contributed by atoms with Gasteiger partial charge in [-0.1, -0.05) is 13.8 Å². The molecule has 1 aromatic heterocycles. The zero-order chi connectivity index (χ0) is 14.6. The second-order valence-electron chi connectivity index (χ2n) is 5.65. The maximum absolute atomic E-state index is 13.6. The summed E-state index contributed by atoms with van der Waals surface area (Å²) in [4.78, 5) is 5.95. The second-order valence-corrected chi connectivity index (χ2v) is 5.65.